The molecular formula is C24H25BrN2O7. The van der Waals surface area contributed by atoms with E-state index in [2.05, 4.69) is 15.9 Å². The summed E-state index contributed by atoms with van der Waals surface area (Å²) in [7, 11) is 1.48. The van der Waals surface area contributed by atoms with Crippen molar-refractivity contribution in [2.45, 2.75) is 38.3 Å². The predicted molar refractivity (Wildman–Crippen MR) is 125 cm³/mol. The summed E-state index contributed by atoms with van der Waals surface area (Å²) in [4.78, 5) is 56.5. The summed E-state index contributed by atoms with van der Waals surface area (Å²) in [5.74, 6) is -3.37. The third kappa shape index (κ3) is 3.19. The number of nitrogens with zero attached hydrogens (tertiary/aromatic N) is 2. The smallest absolute Gasteiger partial charge is 0.329 e. The maximum Gasteiger partial charge on any atom is 0.329 e. The molecule has 10 heteroatoms. The van der Waals surface area contributed by atoms with Crippen molar-refractivity contribution in [1.82, 2.24) is 4.90 Å². The topological polar surface area (TPSA) is 102 Å². The number of carbonyl (C=O) groups is 4. The van der Waals surface area contributed by atoms with Crippen LogP contribution < -0.4 is 4.90 Å². The number of para-hydroxylation sites is 1. The Morgan fingerprint density at radius 1 is 1.09 bits per heavy atom. The van der Waals surface area contributed by atoms with Crippen LogP contribution in [-0.2, 0) is 38.8 Å². The van der Waals surface area contributed by atoms with E-state index in [4.69, 9.17) is 14.2 Å². The highest BCUT2D eigenvalue weighted by atomic mass is 79.9. The largest absolute Gasteiger partial charge is 0.495 e. The van der Waals surface area contributed by atoms with E-state index in [1.165, 1.54) is 14.0 Å². The van der Waals surface area contributed by atoms with E-state index >= 15 is 0 Å². The van der Waals surface area contributed by atoms with Crippen molar-refractivity contribution >= 4 is 45.4 Å². The van der Waals surface area contributed by atoms with Gasteiger partial charge in [0, 0.05) is 17.6 Å². The quantitative estimate of drug-likeness (QED) is 0.532. The molecule has 1 fully saturated rings. The van der Waals surface area contributed by atoms with Crippen molar-refractivity contribution in [3.8, 4) is 0 Å². The zero-order valence-corrected chi connectivity index (χ0v) is 20.8. The molecule has 1 unspecified atom stereocenters. The lowest BCUT2D eigenvalue weighted by molar-refractivity contribution is -0.160. The van der Waals surface area contributed by atoms with Crippen molar-refractivity contribution in [2.75, 3.05) is 25.2 Å². The minimum Gasteiger partial charge on any atom is -0.495 e. The summed E-state index contributed by atoms with van der Waals surface area (Å²) in [5, 5.41) is 0. The zero-order valence-electron chi connectivity index (χ0n) is 19.2. The second-order valence-corrected chi connectivity index (χ2v) is 9.00. The second-order valence-electron chi connectivity index (χ2n) is 8.09. The summed E-state index contributed by atoms with van der Waals surface area (Å²) in [5.41, 5.74) is -0.785. The summed E-state index contributed by atoms with van der Waals surface area (Å²) in [6.07, 6.45) is 3.27. The third-order valence-corrected chi connectivity index (χ3v) is 7.10. The first-order valence-corrected chi connectivity index (χ1v) is 11.7. The van der Waals surface area contributed by atoms with Crippen LogP contribution in [0.3, 0.4) is 0 Å². The number of fused-ring (bicyclic) bond motifs is 4. The predicted octanol–water partition coefficient (Wildman–Crippen LogP) is 2.39. The Morgan fingerprint density at radius 3 is 2.35 bits per heavy atom. The summed E-state index contributed by atoms with van der Waals surface area (Å²) in [6, 6.07) is 4.80. The molecule has 0 aromatic heterocycles. The molecule has 4 rings (SSSR count). The molecule has 0 N–H and O–H groups in total. The lowest BCUT2D eigenvalue weighted by Gasteiger charge is -2.37. The van der Waals surface area contributed by atoms with Crippen molar-refractivity contribution in [3.05, 3.63) is 52.3 Å². The van der Waals surface area contributed by atoms with Crippen LogP contribution in [0.15, 0.2) is 46.8 Å². The van der Waals surface area contributed by atoms with Crippen molar-refractivity contribution in [3.63, 3.8) is 0 Å². The van der Waals surface area contributed by atoms with Gasteiger partial charge in [-0.1, -0.05) is 34.1 Å². The van der Waals surface area contributed by atoms with E-state index in [9.17, 15) is 19.2 Å². The van der Waals surface area contributed by atoms with Crippen LogP contribution in [0.4, 0.5) is 5.69 Å². The first-order chi connectivity index (χ1) is 16.2. The summed E-state index contributed by atoms with van der Waals surface area (Å²) in [6.45, 7) is 4.73. The molecule has 3 aliphatic heterocycles. The molecule has 1 aromatic rings. The SMILES string of the molecule is CCOC(=O)[C@H]1[C@H](C(=O)OCC)[C@]2(C(=O)N(C(C)=O)c3ccccc32)C2C(Br)=CC(OC)=CN21. The minimum atomic E-state index is -1.63. The third-order valence-electron chi connectivity index (χ3n) is 6.44. The van der Waals surface area contributed by atoms with Crippen molar-refractivity contribution in [2.24, 2.45) is 5.92 Å². The van der Waals surface area contributed by atoms with Crippen LogP contribution in [-0.4, -0.2) is 61.1 Å². The standard InChI is InChI=1S/C24H25BrN2O7/c1-5-33-21(29)18-19(22(30)34-6-2)26-12-14(32-4)11-16(25)20(26)24(18)15-9-7-8-10-17(15)27(13(3)28)23(24)31/h7-12,18-20H,5-6H2,1-4H3/t18-,19-,20?,24+/m1/s1. The number of hydrogen-bond donors (Lipinski definition) is 0. The van der Waals surface area contributed by atoms with Crippen LogP contribution in [0.25, 0.3) is 0 Å². The van der Waals surface area contributed by atoms with E-state index in [0.29, 0.717) is 21.5 Å². The first-order valence-electron chi connectivity index (χ1n) is 10.9. The van der Waals surface area contributed by atoms with Gasteiger partial charge in [-0.25, -0.2) is 9.69 Å². The number of amides is 2. The number of hydrogen-bond acceptors (Lipinski definition) is 8. The lowest BCUT2D eigenvalue weighted by atomic mass is 9.67. The Bertz CT molecular complexity index is 1130. The molecule has 0 radical (unpaired) electrons. The first kappa shape index (κ1) is 24.0. The van der Waals surface area contributed by atoms with Gasteiger partial charge in [-0.3, -0.25) is 14.4 Å². The fourth-order valence-corrected chi connectivity index (χ4v) is 6.17. The second kappa shape index (κ2) is 8.90. The van der Waals surface area contributed by atoms with Gasteiger partial charge < -0.3 is 19.1 Å². The number of rotatable bonds is 5. The molecule has 0 saturated carbocycles. The van der Waals surface area contributed by atoms with Gasteiger partial charge in [-0.05, 0) is 31.6 Å². The summed E-state index contributed by atoms with van der Waals surface area (Å²) >= 11 is 3.57. The maximum atomic E-state index is 14.2. The molecule has 34 heavy (non-hydrogen) atoms. The molecular weight excluding hydrogens is 508 g/mol. The number of allylic oxidation sites excluding steroid dienone is 1. The minimum absolute atomic E-state index is 0.0497. The monoisotopic (exact) mass is 532 g/mol. The normalized spacial score (nSPS) is 27.1. The molecule has 1 spiro atoms. The van der Waals surface area contributed by atoms with Gasteiger partial charge in [-0.2, -0.15) is 0 Å². The fourth-order valence-electron chi connectivity index (χ4n) is 5.35. The Morgan fingerprint density at radius 2 is 1.74 bits per heavy atom. The number of anilines is 1. The van der Waals surface area contributed by atoms with Crippen LogP contribution in [0.5, 0.6) is 0 Å². The van der Waals surface area contributed by atoms with E-state index in [1.54, 1.807) is 55.3 Å². The van der Waals surface area contributed by atoms with Gasteiger partial charge >= 0.3 is 11.9 Å². The maximum absolute atomic E-state index is 14.2. The van der Waals surface area contributed by atoms with Gasteiger partial charge in [0.15, 0.2) is 0 Å². The number of imide groups is 1. The van der Waals surface area contributed by atoms with Crippen molar-refractivity contribution < 1.29 is 33.4 Å². The highest BCUT2D eigenvalue weighted by Gasteiger charge is 2.74. The molecule has 180 valence electrons. The van der Waals surface area contributed by atoms with Gasteiger partial charge in [0.2, 0.25) is 11.8 Å². The molecule has 1 saturated heterocycles. The van der Waals surface area contributed by atoms with Crippen LogP contribution in [0.1, 0.15) is 26.3 Å². The lowest BCUT2D eigenvalue weighted by Crippen LogP contribution is -2.55. The van der Waals surface area contributed by atoms with Gasteiger partial charge in [0.1, 0.15) is 23.1 Å². The number of benzene rings is 1. The molecule has 0 bridgehead atoms. The molecule has 0 aliphatic carbocycles. The van der Waals surface area contributed by atoms with Gasteiger partial charge in [0.25, 0.3) is 0 Å². The molecule has 4 atom stereocenters. The highest BCUT2D eigenvalue weighted by Crippen LogP contribution is 2.59. The van der Waals surface area contributed by atoms with E-state index in [-0.39, 0.29) is 13.2 Å². The average Bonchev–Trinajstić information content (AvgIpc) is 3.25. The number of ether oxygens (including phenoxy) is 3. The molecule has 3 aliphatic rings. The van der Waals surface area contributed by atoms with E-state index < -0.39 is 47.2 Å². The Labute approximate surface area is 205 Å². The number of esters is 2. The highest BCUT2D eigenvalue weighted by molar-refractivity contribution is 9.11. The Hall–Kier alpha value is -3.14. The summed E-state index contributed by atoms with van der Waals surface area (Å²) < 4.78 is 16.7. The van der Waals surface area contributed by atoms with Crippen molar-refractivity contribution in [1.29, 1.82) is 0 Å². The fraction of sp³-hybridized carbons (Fsp3) is 0.417. The van der Waals surface area contributed by atoms with E-state index in [0.717, 1.165) is 4.90 Å². The Balaban J connectivity index is 2.08. The number of carbonyl (C=O) groups excluding carboxylic acids is 4. The van der Waals surface area contributed by atoms with Gasteiger partial charge in [0.05, 0.1) is 32.1 Å². The zero-order chi connectivity index (χ0) is 24.8. The number of methoxy groups -OCH3 is 1. The van der Waals surface area contributed by atoms with Crippen LogP contribution >= 0.6 is 15.9 Å². The molecule has 3 heterocycles. The van der Waals surface area contributed by atoms with Crippen LogP contribution in [0, 0.1) is 5.92 Å². The van der Waals surface area contributed by atoms with Gasteiger partial charge in [-0.15, -0.1) is 0 Å². The van der Waals surface area contributed by atoms with E-state index in [1.807, 2.05) is 0 Å². The molecule has 1 aromatic carbocycles. The Kier molecular flexibility index (Phi) is 6.28. The average molecular weight is 533 g/mol. The van der Waals surface area contributed by atoms with Crippen LogP contribution in [0.2, 0.25) is 0 Å². The molecule has 2 amide bonds. The number of halogens is 1. The molecule has 9 nitrogen and oxygen atoms in total.